The highest BCUT2D eigenvalue weighted by atomic mass is 16.5. The average molecular weight is 229 g/mol. The molecule has 2 aromatic rings. The predicted octanol–water partition coefficient (Wildman–Crippen LogP) is 2.51. The third-order valence-electron chi connectivity index (χ3n) is 2.56. The van der Waals surface area contributed by atoms with Gasteiger partial charge in [-0.15, -0.1) is 0 Å². The highest BCUT2D eigenvalue weighted by Gasteiger charge is 2.10. The van der Waals surface area contributed by atoms with Crippen molar-refractivity contribution in [2.75, 3.05) is 5.73 Å². The van der Waals surface area contributed by atoms with Crippen molar-refractivity contribution in [2.45, 2.75) is 20.0 Å². The number of hydrogen-bond acceptors (Lipinski definition) is 4. The molecule has 0 aliphatic rings. The lowest BCUT2D eigenvalue weighted by Crippen LogP contribution is -2.07. The highest BCUT2D eigenvalue weighted by molar-refractivity contribution is 5.29. The molecule has 2 rings (SSSR count). The molecule has 0 amide bonds. The largest absolute Gasteiger partial charge is 0.456 e. The Morgan fingerprint density at radius 3 is 2.71 bits per heavy atom. The zero-order chi connectivity index (χ0) is 12.3. The lowest BCUT2D eigenvalue weighted by Gasteiger charge is -2.15. The van der Waals surface area contributed by atoms with Gasteiger partial charge < -0.3 is 10.5 Å². The monoisotopic (exact) mass is 229 g/mol. The van der Waals surface area contributed by atoms with Crippen molar-refractivity contribution in [1.29, 1.82) is 0 Å². The molecule has 1 aromatic carbocycles. The number of nitrogen functional groups attached to an aromatic ring is 1. The molecule has 2 N–H and O–H groups in total. The summed E-state index contributed by atoms with van der Waals surface area (Å²) in [6.45, 7) is 4.02. The van der Waals surface area contributed by atoms with Crippen LogP contribution in [0, 0.1) is 6.92 Å². The van der Waals surface area contributed by atoms with Crippen molar-refractivity contribution in [3.8, 4) is 6.01 Å². The molecule has 1 aromatic heterocycles. The number of hydrogen-bond donors (Lipinski definition) is 1. The van der Waals surface area contributed by atoms with Gasteiger partial charge in [-0.05, 0) is 31.0 Å². The Labute approximate surface area is 100 Å². The third kappa shape index (κ3) is 2.72. The maximum atomic E-state index is 5.66. The molecule has 0 aliphatic carbocycles. The maximum Gasteiger partial charge on any atom is 0.318 e. The number of anilines is 1. The van der Waals surface area contributed by atoms with Crippen LogP contribution in [-0.2, 0) is 0 Å². The fourth-order valence-electron chi connectivity index (χ4n) is 1.68. The van der Waals surface area contributed by atoms with E-state index < -0.39 is 0 Å². The van der Waals surface area contributed by atoms with Crippen LogP contribution in [0.3, 0.4) is 0 Å². The van der Waals surface area contributed by atoms with Crippen LogP contribution in [0.25, 0.3) is 0 Å². The minimum Gasteiger partial charge on any atom is -0.456 e. The van der Waals surface area contributed by atoms with Crippen LogP contribution >= 0.6 is 0 Å². The van der Waals surface area contributed by atoms with Gasteiger partial charge in [0.1, 0.15) is 11.9 Å². The zero-order valence-corrected chi connectivity index (χ0v) is 9.92. The number of ether oxygens (including phenoxy) is 1. The number of rotatable bonds is 3. The molecular weight excluding hydrogens is 214 g/mol. The Morgan fingerprint density at radius 2 is 2.00 bits per heavy atom. The van der Waals surface area contributed by atoms with Crippen molar-refractivity contribution in [3.63, 3.8) is 0 Å². The van der Waals surface area contributed by atoms with Gasteiger partial charge in [0, 0.05) is 6.20 Å². The van der Waals surface area contributed by atoms with E-state index in [2.05, 4.69) is 23.0 Å². The summed E-state index contributed by atoms with van der Waals surface area (Å²) >= 11 is 0. The van der Waals surface area contributed by atoms with E-state index in [1.54, 1.807) is 12.3 Å². The lowest BCUT2D eigenvalue weighted by molar-refractivity contribution is 0.207. The Balaban J connectivity index is 2.17. The predicted molar refractivity (Wildman–Crippen MR) is 66.7 cm³/mol. The second-order valence-corrected chi connectivity index (χ2v) is 3.88. The number of nitrogens with two attached hydrogens (primary N) is 1. The van der Waals surface area contributed by atoms with E-state index in [0.717, 1.165) is 5.56 Å². The van der Waals surface area contributed by atoms with Gasteiger partial charge in [-0.2, -0.15) is 4.98 Å². The first-order valence-corrected chi connectivity index (χ1v) is 5.47. The smallest absolute Gasteiger partial charge is 0.318 e. The van der Waals surface area contributed by atoms with Gasteiger partial charge in [-0.3, -0.25) is 0 Å². The minimum atomic E-state index is -0.0991. The second-order valence-electron chi connectivity index (χ2n) is 3.88. The van der Waals surface area contributed by atoms with Crippen LogP contribution in [0.1, 0.15) is 24.2 Å². The first kappa shape index (κ1) is 11.4. The zero-order valence-electron chi connectivity index (χ0n) is 9.92. The van der Waals surface area contributed by atoms with Gasteiger partial charge in [-0.1, -0.05) is 24.3 Å². The van der Waals surface area contributed by atoms with Gasteiger partial charge in [-0.25, -0.2) is 4.98 Å². The van der Waals surface area contributed by atoms with E-state index in [0.29, 0.717) is 11.8 Å². The van der Waals surface area contributed by atoms with Crippen LogP contribution in [0.15, 0.2) is 36.5 Å². The first-order valence-electron chi connectivity index (χ1n) is 5.47. The number of nitrogens with zero attached hydrogens (tertiary/aromatic N) is 2. The van der Waals surface area contributed by atoms with Crippen LogP contribution < -0.4 is 10.5 Å². The van der Waals surface area contributed by atoms with Crippen molar-refractivity contribution in [2.24, 2.45) is 0 Å². The van der Waals surface area contributed by atoms with Crippen LogP contribution in [0.4, 0.5) is 5.82 Å². The van der Waals surface area contributed by atoms with Crippen LogP contribution in [0.2, 0.25) is 0 Å². The summed E-state index contributed by atoms with van der Waals surface area (Å²) in [5.74, 6) is 0.409. The first-order chi connectivity index (χ1) is 8.16. The van der Waals surface area contributed by atoms with Crippen LogP contribution in [-0.4, -0.2) is 9.97 Å². The summed E-state index contributed by atoms with van der Waals surface area (Å²) in [6, 6.07) is 10.0. The molecule has 1 heterocycles. The molecule has 0 saturated heterocycles. The summed E-state index contributed by atoms with van der Waals surface area (Å²) in [7, 11) is 0. The van der Waals surface area contributed by atoms with E-state index in [1.807, 2.05) is 25.1 Å². The molecule has 88 valence electrons. The molecule has 4 nitrogen and oxygen atoms in total. The van der Waals surface area contributed by atoms with E-state index in [1.165, 1.54) is 5.56 Å². The normalized spacial score (nSPS) is 12.1. The summed E-state index contributed by atoms with van der Waals surface area (Å²) in [6.07, 6.45) is 1.49. The fourth-order valence-corrected chi connectivity index (χ4v) is 1.68. The van der Waals surface area contributed by atoms with E-state index in [9.17, 15) is 0 Å². The molecule has 0 radical (unpaired) electrons. The van der Waals surface area contributed by atoms with Gasteiger partial charge in [0.25, 0.3) is 0 Å². The number of aromatic nitrogens is 2. The van der Waals surface area contributed by atoms with Gasteiger partial charge in [0.2, 0.25) is 0 Å². The summed E-state index contributed by atoms with van der Waals surface area (Å²) < 4.78 is 5.66. The second kappa shape index (κ2) is 4.82. The summed E-state index contributed by atoms with van der Waals surface area (Å²) in [4.78, 5) is 8.03. The molecule has 1 atom stereocenters. The van der Waals surface area contributed by atoms with Crippen molar-refractivity contribution in [3.05, 3.63) is 47.7 Å². The van der Waals surface area contributed by atoms with E-state index in [-0.39, 0.29) is 6.10 Å². The molecule has 0 fully saturated rings. The van der Waals surface area contributed by atoms with Crippen LogP contribution in [0.5, 0.6) is 6.01 Å². The Hall–Kier alpha value is -2.10. The Morgan fingerprint density at radius 1 is 1.24 bits per heavy atom. The van der Waals surface area contributed by atoms with Crippen molar-refractivity contribution < 1.29 is 4.74 Å². The molecule has 0 aliphatic heterocycles. The summed E-state index contributed by atoms with van der Waals surface area (Å²) in [5, 5.41) is 0. The van der Waals surface area contributed by atoms with Crippen molar-refractivity contribution in [1.82, 2.24) is 9.97 Å². The summed E-state index contributed by atoms with van der Waals surface area (Å²) in [5.41, 5.74) is 7.88. The molecule has 0 saturated carbocycles. The maximum absolute atomic E-state index is 5.66. The molecular formula is C13H15N3O. The Bertz CT molecular complexity index is 514. The third-order valence-corrected chi connectivity index (χ3v) is 2.56. The standard InChI is InChI=1S/C13H15N3O/c1-9-5-3-4-6-11(9)10(2)17-13-15-8-7-12(14)16-13/h3-8,10H,1-2H3,(H2,14,15,16). The quantitative estimate of drug-likeness (QED) is 0.878. The molecule has 17 heavy (non-hydrogen) atoms. The highest BCUT2D eigenvalue weighted by Crippen LogP contribution is 2.21. The number of aryl methyl sites for hydroxylation is 1. The Kier molecular flexibility index (Phi) is 3.23. The average Bonchev–Trinajstić information content (AvgIpc) is 2.29. The van der Waals surface area contributed by atoms with E-state index in [4.69, 9.17) is 10.5 Å². The molecule has 4 heteroatoms. The van der Waals surface area contributed by atoms with Crippen molar-refractivity contribution >= 4 is 5.82 Å². The molecule has 0 bridgehead atoms. The SMILES string of the molecule is Cc1ccccc1C(C)Oc1nccc(N)n1. The topological polar surface area (TPSA) is 61.0 Å². The van der Waals surface area contributed by atoms with Gasteiger partial charge in [0.15, 0.2) is 0 Å². The minimum absolute atomic E-state index is 0.0991. The lowest BCUT2D eigenvalue weighted by atomic mass is 10.1. The number of benzene rings is 1. The van der Waals surface area contributed by atoms with E-state index >= 15 is 0 Å². The van der Waals surface area contributed by atoms with Gasteiger partial charge in [0.05, 0.1) is 0 Å². The molecule has 0 spiro atoms. The molecule has 1 unspecified atom stereocenters. The van der Waals surface area contributed by atoms with Gasteiger partial charge >= 0.3 is 6.01 Å². The fraction of sp³-hybridized carbons (Fsp3) is 0.231.